The van der Waals surface area contributed by atoms with Crippen molar-refractivity contribution in [2.24, 2.45) is 0 Å². The fourth-order valence-electron chi connectivity index (χ4n) is 2.32. The maximum absolute atomic E-state index is 14.0. The first-order valence-electron chi connectivity index (χ1n) is 6.87. The van der Waals surface area contributed by atoms with Crippen LogP contribution in [-0.4, -0.2) is 16.1 Å². The average molecular weight is 279 g/mol. The Bertz CT molecular complexity index is 546. The Labute approximate surface area is 117 Å². The molecule has 0 aliphatic rings. The summed E-state index contributed by atoms with van der Waals surface area (Å²) < 4.78 is 30.0. The van der Waals surface area contributed by atoms with Gasteiger partial charge < -0.3 is 9.88 Å². The number of rotatable bonds is 6. The van der Waals surface area contributed by atoms with Gasteiger partial charge in [-0.25, -0.2) is 13.8 Å². The van der Waals surface area contributed by atoms with Crippen molar-refractivity contribution < 1.29 is 8.78 Å². The zero-order chi connectivity index (χ0) is 14.5. The van der Waals surface area contributed by atoms with E-state index in [9.17, 15) is 8.78 Å². The molecule has 3 nitrogen and oxygen atoms in total. The number of aryl methyl sites for hydroxylation is 1. The van der Waals surface area contributed by atoms with E-state index in [4.69, 9.17) is 0 Å². The average Bonchev–Trinajstić information content (AvgIpc) is 2.86. The van der Waals surface area contributed by atoms with Crippen molar-refractivity contribution in [2.45, 2.75) is 32.9 Å². The van der Waals surface area contributed by atoms with E-state index in [2.05, 4.69) is 17.2 Å². The predicted octanol–water partition coefficient (Wildman–Crippen LogP) is 3.27. The standard InChI is InChI=1S/C15H19F2N3/c1-3-9-20-10-8-19-15(20)14(18-4-2)13-11(16)6-5-7-12(13)17/h5-8,10,14,18H,3-4,9H2,1-2H3. The molecule has 0 spiro atoms. The molecule has 2 rings (SSSR count). The summed E-state index contributed by atoms with van der Waals surface area (Å²) in [7, 11) is 0. The summed E-state index contributed by atoms with van der Waals surface area (Å²) in [5, 5.41) is 3.12. The normalized spacial score (nSPS) is 12.6. The molecule has 5 heteroatoms. The van der Waals surface area contributed by atoms with Gasteiger partial charge in [0.15, 0.2) is 0 Å². The molecule has 108 valence electrons. The van der Waals surface area contributed by atoms with E-state index in [1.807, 2.05) is 17.7 Å². The lowest BCUT2D eigenvalue weighted by molar-refractivity contribution is 0.482. The largest absolute Gasteiger partial charge is 0.333 e. The van der Waals surface area contributed by atoms with Crippen molar-refractivity contribution in [2.75, 3.05) is 6.54 Å². The van der Waals surface area contributed by atoms with Crippen molar-refractivity contribution >= 4 is 0 Å². The topological polar surface area (TPSA) is 29.9 Å². The summed E-state index contributed by atoms with van der Waals surface area (Å²) in [4.78, 5) is 4.28. The first-order valence-corrected chi connectivity index (χ1v) is 6.87. The molecule has 20 heavy (non-hydrogen) atoms. The molecule has 0 amide bonds. The summed E-state index contributed by atoms with van der Waals surface area (Å²) in [6.45, 7) is 5.32. The molecule has 1 heterocycles. The van der Waals surface area contributed by atoms with Crippen LogP contribution in [0.15, 0.2) is 30.6 Å². The summed E-state index contributed by atoms with van der Waals surface area (Å²) in [6.07, 6.45) is 4.43. The zero-order valence-electron chi connectivity index (χ0n) is 11.7. The molecule has 0 aliphatic carbocycles. The summed E-state index contributed by atoms with van der Waals surface area (Å²) in [5.41, 5.74) is 0.0258. The molecular weight excluding hydrogens is 260 g/mol. The number of nitrogens with one attached hydrogen (secondary N) is 1. The number of imidazole rings is 1. The molecule has 1 N–H and O–H groups in total. The first-order chi connectivity index (χ1) is 9.69. The van der Waals surface area contributed by atoms with E-state index in [1.54, 1.807) is 6.20 Å². The predicted molar refractivity (Wildman–Crippen MR) is 74.4 cm³/mol. The molecular formula is C15H19F2N3. The highest BCUT2D eigenvalue weighted by Crippen LogP contribution is 2.26. The molecule has 1 aromatic heterocycles. The second kappa shape index (κ2) is 6.61. The lowest BCUT2D eigenvalue weighted by Gasteiger charge is -2.20. The fraction of sp³-hybridized carbons (Fsp3) is 0.400. The van der Waals surface area contributed by atoms with Gasteiger partial charge in [-0.3, -0.25) is 0 Å². The van der Waals surface area contributed by atoms with Crippen molar-refractivity contribution in [1.29, 1.82) is 0 Å². The zero-order valence-corrected chi connectivity index (χ0v) is 11.7. The van der Waals surface area contributed by atoms with Gasteiger partial charge in [-0.05, 0) is 25.1 Å². The van der Waals surface area contributed by atoms with Crippen LogP contribution in [0.5, 0.6) is 0 Å². The molecule has 0 bridgehead atoms. The lowest BCUT2D eigenvalue weighted by atomic mass is 10.0. The van der Waals surface area contributed by atoms with Crippen molar-refractivity contribution in [3.63, 3.8) is 0 Å². The van der Waals surface area contributed by atoms with E-state index < -0.39 is 17.7 Å². The SMILES string of the molecule is CCCn1ccnc1C(NCC)c1c(F)cccc1F. The van der Waals surface area contributed by atoms with Crippen LogP contribution in [-0.2, 0) is 6.54 Å². The Morgan fingerprint density at radius 1 is 1.25 bits per heavy atom. The maximum atomic E-state index is 14.0. The van der Waals surface area contributed by atoms with Crippen LogP contribution in [0.1, 0.15) is 37.7 Å². The third kappa shape index (κ3) is 2.88. The monoisotopic (exact) mass is 279 g/mol. The van der Waals surface area contributed by atoms with Gasteiger partial charge in [0, 0.05) is 24.5 Å². The maximum Gasteiger partial charge on any atom is 0.131 e. The highest BCUT2D eigenvalue weighted by atomic mass is 19.1. The Hall–Kier alpha value is -1.75. The van der Waals surface area contributed by atoms with Crippen molar-refractivity contribution in [3.8, 4) is 0 Å². The molecule has 1 unspecified atom stereocenters. The second-order valence-corrected chi connectivity index (χ2v) is 4.60. The minimum Gasteiger partial charge on any atom is -0.333 e. The second-order valence-electron chi connectivity index (χ2n) is 4.60. The van der Waals surface area contributed by atoms with Gasteiger partial charge in [-0.1, -0.05) is 19.9 Å². The van der Waals surface area contributed by atoms with Crippen LogP contribution in [0.4, 0.5) is 8.78 Å². The molecule has 0 saturated carbocycles. The molecule has 0 fully saturated rings. The van der Waals surface area contributed by atoms with Crippen molar-refractivity contribution in [3.05, 3.63) is 53.6 Å². The van der Waals surface area contributed by atoms with Crippen LogP contribution in [0, 0.1) is 11.6 Å². The van der Waals surface area contributed by atoms with Crippen LogP contribution in [0.3, 0.4) is 0 Å². The number of hydrogen-bond donors (Lipinski definition) is 1. The fourth-order valence-corrected chi connectivity index (χ4v) is 2.32. The highest BCUT2D eigenvalue weighted by Gasteiger charge is 2.24. The number of aromatic nitrogens is 2. The highest BCUT2D eigenvalue weighted by molar-refractivity contribution is 5.28. The first kappa shape index (κ1) is 14.7. The van der Waals surface area contributed by atoms with Gasteiger partial charge in [0.2, 0.25) is 0 Å². The Morgan fingerprint density at radius 3 is 2.55 bits per heavy atom. The van der Waals surface area contributed by atoms with Gasteiger partial charge >= 0.3 is 0 Å². The van der Waals surface area contributed by atoms with Crippen molar-refractivity contribution in [1.82, 2.24) is 14.9 Å². The number of nitrogens with zero attached hydrogens (tertiary/aromatic N) is 2. The smallest absolute Gasteiger partial charge is 0.131 e. The molecule has 1 aromatic carbocycles. The Morgan fingerprint density at radius 2 is 1.95 bits per heavy atom. The molecule has 0 radical (unpaired) electrons. The van der Waals surface area contributed by atoms with Crippen LogP contribution >= 0.6 is 0 Å². The quantitative estimate of drug-likeness (QED) is 0.879. The summed E-state index contributed by atoms with van der Waals surface area (Å²) in [5.74, 6) is -0.471. The van der Waals surface area contributed by atoms with E-state index in [1.165, 1.54) is 18.2 Å². The van der Waals surface area contributed by atoms with E-state index in [0.717, 1.165) is 13.0 Å². The third-order valence-corrected chi connectivity index (χ3v) is 3.17. The Kier molecular flexibility index (Phi) is 4.84. The lowest BCUT2D eigenvalue weighted by Crippen LogP contribution is -2.27. The third-order valence-electron chi connectivity index (χ3n) is 3.17. The van der Waals surface area contributed by atoms with Gasteiger partial charge in [0.1, 0.15) is 17.5 Å². The minimum atomic E-state index is -0.581. The van der Waals surface area contributed by atoms with Gasteiger partial charge in [0.05, 0.1) is 6.04 Å². The van der Waals surface area contributed by atoms with Crippen LogP contribution in [0.25, 0.3) is 0 Å². The minimum absolute atomic E-state index is 0.0258. The van der Waals surface area contributed by atoms with E-state index in [0.29, 0.717) is 12.4 Å². The molecule has 1 atom stereocenters. The molecule has 0 saturated heterocycles. The van der Waals surface area contributed by atoms with Gasteiger partial charge in [0.25, 0.3) is 0 Å². The molecule has 0 aliphatic heterocycles. The number of halogens is 2. The Balaban J connectivity index is 2.48. The van der Waals surface area contributed by atoms with Gasteiger partial charge in [-0.15, -0.1) is 0 Å². The van der Waals surface area contributed by atoms with E-state index in [-0.39, 0.29) is 5.56 Å². The summed E-state index contributed by atoms with van der Waals surface area (Å²) in [6, 6.07) is 3.34. The number of hydrogen-bond acceptors (Lipinski definition) is 2. The van der Waals surface area contributed by atoms with Crippen LogP contribution < -0.4 is 5.32 Å². The number of benzene rings is 1. The molecule has 2 aromatic rings. The van der Waals surface area contributed by atoms with Crippen LogP contribution in [0.2, 0.25) is 0 Å². The van der Waals surface area contributed by atoms with Gasteiger partial charge in [-0.2, -0.15) is 0 Å². The summed E-state index contributed by atoms with van der Waals surface area (Å²) >= 11 is 0. The van der Waals surface area contributed by atoms with E-state index >= 15 is 0 Å².